The molecule has 1 heterocycles. The van der Waals surface area contributed by atoms with Gasteiger partial charge < -0.3 is 0 Å². The molecule has 0 saturated carbocycles. The second-order valence-corrected chi connectivity index (χ2v) is 3.08. The lowest BCUT2D eigenvalue weighted by Gasteiger charge is -2.00. The van der Waals surface area contributed by atoms with Crippen molar-refractivity contribution in [1.82, 2.24) is 14.8 Å². The lowest BCUT2D eigenvalue weighted by Crippen LogP contribution is -1.99. The highest BCUT2D eigenvalue weighted by atomic mass is 35.5. The molecule has 0 saturated heterocycles. The number of hydrogen-bond donors (Lipinski definition) is 0. The van der Waals surface area contributed by atoms with Crippen molar-refractivity contribution in [1.29, 1.82) is 0 Å². The molecule has 0 radical (unpaired) electrons. The van der Waals surface area contributed by atoms with E-state index in [0.29, 0.717) is 0 Å². The number of aryl methyl sites for hydroxylation is 1. The molecule has 2 rings (SSSR count). The molecule has 1 aromatic heterocycles. The Morgan fingerprint density at radius 1 is 1.21 bits per heavy atom. The van der Waals surface area contributed by atoms with Crippen LogP contribution in [0.4, 0.5) is 0 Å². The van der Waals surface area contributed by atoms with Crippen molar-refractivity contribution >= 4 is 12.4 Å². The summed E-state index contributed by atoms with van der Waals surface area (Å²) in [5, 5.41) is 4.04. The third kappa shape index (κ3) is 2.57. The number of aromatic nitrogens is 3. The Morgan fingerprint density at radius 2 is 1.93 bits per heavy atom. The maximum atomic E-state index is 4.04. The first kappa shape index (κ1) is 10.7. The van der Waals surface area contributed by atoms with Gasteiger partial charge in [-0.25, -0.2) is 9.67 Å². The zero-order valence-electron chi connectivity index (χ0n) is 7.92. The fraction of sp³-hybridized carbons (Fsp3) is 0.200. The predicted octanol–water partition coefficient (Wildman–Crippen LogP) is 2.06. The van der Waals surface area contributed by atoms with E-state index in [1.54, 1.807) is 12.7 Å². The van der Waals surface area contributed by atoms with E-state index in [0.717, 1.165) is 6.54 Å². The van der Waals surface area contributed by atoms with Gasteiger partial charge in [-0.1, -0.05) is 29.8 Å². The first-order chi connectivity index (χ1) is 6.34. The van der Waals surface area contributed by atoms with Gasteiger partial charge >= 0.3 is 0 Å². The van der Waals surface area contributed by atoms with E-state index in [1.165, 1.54) is 11.1 Å². The van der Waals surface area contributed by atoms with Crippen molar-refractivity contribution < 1.29 is 0 Å². The van der Waals surface area contributed by atoms with Crippen LogP contribution in [0.2, 0.25) is 0 Å². The molecule has 0 unspecified atom stereocenters. The normalized spacial score (nSPS) is 9.50. The summed E-state index contributed by atoms with van der Waals surface area (Å²) in [4.78, 5) is 3.89. The van der Waals surface area contributed by atoms with Crippen LogP contribution in [0.25, 0.3) is 0 Å². The fourth-order valence-corrected chi connectivity index (χ4v) is 1.19. The van der Waals surface area contributed by atoms with Gasteiger partial charge in [0.1, 0.15) is 12.7 Å². The van der Waals surface area contributed by atoms with Crippen molar-refractivity contribution in [3.63, 3.8) is 0 Å². The summed E-state index contributed by atoms with van der Waals surface area (Å²) < 4.78 is 1.81. The summed E-state index contributed by atoms with van der Waals surface area (Å²) in [7, 11) is 0. The summed E-state index contributed by atoms with van der Waals surface area (Å²) in [5.74, 6) is 0. The summed E-state index contributed by atoms with van der Waals surface area (Å²) in [6.07, 6.45) is 3.27. The van der Waals surface area contributed by atoms with Crippen LogP contribution in [0.1, 0.15) is 11.1 Å². The number of nitrogens with zero attached hydrogens (tertiary/aromatic N) is 3. The molecule has 74 valence electrons. The molecule has 3 nitrogen and oxygen atoms in total. The average Bonchev–Trinajstić information content (AvgIpc) is 2.62. The summed E-state index contributed by atoms with van der Waals surface area (Å²) in [6, 6.07) is 8.42. The Labute approximate surface area is 89.2 Å². The highest BCUT2D eigenvalue weighted by Gasteiger charge is 1.94. The van der Waals surface area contributed by atoms with Gasteiger partial charge in [0.05, 0.1) is 6.54 Å². The number of hydrogen-bond acceptors (Lipinski definition) is 2. The lowest BCUT2D eigenvalue weighted by molar-refractivity contribution is 0.685. The molecule has 1 aromatic carbocycles. The van der Waals surface area contributed by atoms with Crippen LogP contribution in [0.3, 0.4) is 0 Å². The maximum Gasteiger partial charge on any atom is 0.137 e. The molecular formula is C10H12ClN3. The molecule has 0 aliphatic rings. The van der Waals surface area contributed by atoms with Crippen molar-refractivity contribution in [2.45, 2.75) is 13.5 Å². The molecular weight excluding hydrogens is 198 g/mol. The first-order valence-corrected chi connectivity index (χ1v) is 4.22. The molecule has 14 heavy (non-hydrogen) atoms. The topological polar surface area (TPSA) is 30.7 Å². The van der Waals surface area contributed by atoms with Crippen LogP contribution in [-0.4, -0.2) is 14.8 Å². The molecule has 0 spiro atoms. The maximum absolute atomic E-state index is 4.04. The van der Waals surface area contributed by atoms with E-state index >= 15 is 0 Å². The molecule has 4 heteroatoms. The quantitative estimate of drug-likeness (QED) is 0.758. The van der Waals surface area contributed by atoms with E-state index in [-0.39, 0.29) is 12.4 Å². The van der Waals surface area contributed by atoms with E-state index in [1.807, 2.05) is 4.68 Å². The smallest absolute Gasteiger partial charge is 0.137 e. The molecule has 0 amide bonds. The third-order valence-corrected chi connectivity index (χ3v) is 1.93. The van der Waals surface area contributed by atoms with Crippen LogP contribution in [0.15, 0.2) is 36.9 Å². The van der Waals surface area contributed by atoms with Gasteiger partial charge in [-0.2, -0.15) is 5.10 Å². The van der Waals surface area contributed by atoms with E-state index < -0.39 is 0 Å². The summed E-state index contributed by atoms with van der Waals surface area (Å²) >= 11 is 0. The van der Waals surface area contributed by atoms with Gasteiger partial charge in [0.2, 0.25) is 0 Å². The standard InChI is InChI=1S/C10H11N3.ClH/c1-9-2-4-10(5-3-9)6-13-8-11-7-12-13;/h2-5,7-8H,6H2,1H3;1H. The highest BCUT2D eigenvalue weighted by Crippen LogP contribution is 2.03. The summed E-state index contributed by atoms with van der Waals surface area (Å²) in [6.45, 7) is 2.87. The minimum absolute atomic E-state index is 0. The van der Waals surface area contributed by atoms with Crippen molar-refractivity contribution in [3.05, 3.63) is 48.0 Å². The van der Waals surface area contributed by atoms with Crippen LogP contribution in [-0.2, 0) is 6.54 Å². The minimum Gasteiger partial charge on any atom is -0.249 e. The van der Waals surface area contributed by atoms with E-state index in [4.69, 9.17) is 0 Å². The van der Waals surface area contributed by atoms with Gasteiger partial charge in [-0.05, 0) is 12.5 Å². The minimum atomic E-state index is 0. The van der Waals surface area contributed by atoms with Crippen molar-refractivity contribution in [2.24, 2.45) is 0 Å². The molecule has 0 atom stereocenters. The van der Waals surface area contributed by atoms with Crippen LogP contribution < -0.4 is 0 Å². The molecule has 0 bridgehead atoms. The zero-order chi connectivity index (χ0) is 9.10. The van der Waals surface area contributed by atoms with Crippen LogP contribution in [0.5, 0.6) is 0 Å². The largest absolute Gasteiger partial charge is 0.249 e. The Kier molecular flexibility index (Phi) is 3.65. The third-order valence-electron chi connectivity index (χ3n) is 1.93. The Balaban J connectivity index is 0.000000980. The SMILES string of the molecule is Cc1ccc(Cn2cncn2)cc1.Cl. The Hall–Kier alpha value is -1.35. The van der Waals surface area contributed by atoms with E-state index in [2.05, 4.69) is 41.3 Å². The van der Waals surface area contributed by atoms with Crippen LogP contribution in [0, 0.1) is 6.92 Å². The second kappa shape index (κ2) is 4.77. The summed E-state index contributed by atoms with van der Waals surface area (Å²) in [5.41, 5.74) is 2.53. The lowest BCUT2D eigenvalue weighted by atomic mass is 10.1. The van der Waals surface area contributed by atoms with Crippen LogP contribution >= 0.6 is 12.4 Å². The Morgan fingerprint density at radius 3 is 2.50 bits per heavy atom. The van der Waals surface area contributed by atoms with Gasteiger partial charge in [0, 0.05) is 0 Å². The monoisotopic (exact) mass is 209 g/mol. The van der Waals surface area contributed by atoms with E-state index in [9.17, 15) is 0 Å². The molecule has 0 aliphatic heterocycles. The number of halogens is 1. The molecule has 0 aliphatic carbocycles. The van der Waals surface area contributed by atoms with Gasteiger partial charge in [-0.15, -0.1) is 12.4 Å². The fourth-order valence-electron chi connectivity index (χ4n) is 1.19. The highest BCUT2D eigenvalue weighted by molar-refractivity contribution is 5.85. The second-order valence-electron chi connectivity index (χ2n) is 3.08. The van der Waals surface area contributed by atoms with Gasteiger partial charge in [-0.3, -0.25) is 0 Å². The van der Waals surface area contributed by atoms with Gasteiger partial charge in [0.15, 0.2) is 0 Å². The number of benzene rings is 1. The molecule has 0 fully saturated rings. The van der Waals surface area contributed by atoms with Crippen molar-refractivity contribution in [2.75, 3.05) is 0 Å². The first-order valence-electron chi connectivity index (χ1n) is 4.22. The zero-order valence-corrected chi connectivity index (χ0v) is 8.74. The predicted molar refractivity (Wildman–Crippen MR) is 57.6 cm³/mol. The average molecular weight is 210 g/mol. The number of rotatable bonds is 2. The van der Waals surface area contributed by atoms with Gasteiger partial charge in [0.25, 0.3) is 0 Å². The Bertz CT molecular complexity index is 367. The molecule has 0 N–H and O–H groups in total. The van der Waals surface area contributed by atoms with Crippen molar-refractivity contribution in [3.8, 4) is 0 Å². The molecule has 2 aromatic rings.